The van der Waals surface area contributed by atoms with Crippen LogP contribution in [0, 0.1) is 5.92 Å². The van der Waals surface area contributed by atoms with Crippen LogP contribution in [0.2, 0.25) is 0 Å². The summed E-state index contributed by atoms with van der Waals surface area (Å²) in [6, 6.07) is -0.306. The molecule has 0 bridgehead atoms. The minimum absolute atomic E-state index is 0.00492. The number of hydrogen-bond donors (Lipinski definition) is 2. The summed E-state index contributed by atoms with van der Waals surface area (Å²) in [6.45, 7) is 3.66. The fourth-order valence-electron chi connectivity index (χ4n) is 2.18. The van der Waals surface area contributed by atoms with Crippen molar-refractivity contribution in [2.75, 3.05) is 25.1 Å². The quantitative estimate of drug-likeness (QED) is 0.727. The molecule has 1 atom stereocenters. The summed E-state index contributed by atoms with van der Waals surface area (Å²) in [5, 5.41) is 5.99. The third-order valence-electron chi connectivity index (χ3n) is 2.89. The lowest BCUT2D eigenvalue weighted by molar-refractivity contribution is -0.122. The molecule has 0 aromatic rings. The van der Waals surface area contributed by atoms with E-state index < -0.39 is 9.84 Å². The number of sulfone groups is 1. The van der Waals surface area contributed by atoms with Crippen molar-refractivity contribution >= 4 is 15.7 Å². The van der Waals surface area contributed by atoms with Crippen LogP contribution in [0.4, 0.5) is 0 Å². The first-order valence-electron chi connectivity index (χ1n) is 6.04. The second-order valence-electron chi connectivity index (χ2n) is 4.96. The number of rotatable bonds is 5. The van der Waals surface area contributed by atoms with Crippen LogP contribution in [0.15, 0.2) is 0 Å². The van der Waals surface area contributed by atoms with Gasteiger partial charge in [-0.25, -0.2) is 8.42 Å². The molecule has 2 N–H and O–H groups in total. The van der Waals surface area contributed by atoms with E-state index in [-0.39, 0.29) is 17.7 Å². The molecule has 1 unspecified atom stereocenters. The predicted octanol–water partition coefficient (Wildman–Crippen LogP) is -0.0746. The molecule has 1 fully saturated rings. The van der Waals surface area contributed by atoms with Gasteiger partial charge in [0, 0.05) is 18.7 Å². The minimum Gasteiger partial charge on any atom is -0.353 e. The highest BCUT2D eigenvalue weighted by atomic mass is 32.2. The lowest BCUT2D eigenvalue weighted by Gasteiger charge is -2.22. The van der Waals surface area contributed by atoms with Crippen LogP contribution in [0.5, 0.6) is 0 Å². The third kappa shape index (κ3) is 6.63. The molecular weight excluding hydrogens is 240 g/mol. The van der Waals surface area contributed by atoms with E-state index in [0.29, 0.717) is 12.3 Å². The average Bonchev–Trinajstić information content (AvgIpc) is 2.15. The first kappa shape index (κ1) is 14.4. The van der Waals surface area contributed by atoms with Gasteiger partial charge in [-0.1, -0.05) is 0 Å². The lowest BCUT2D eigenvalue weighted by Crippen LogP contribution is -2.39. The van der Waals surface area contributed by atoms with E-state index in [1.807, 2.05) is 0 Å². The Bertz CT molecular complexity index is 348. The van der Waals surface area contributed by atoms with E-state index in [1.165, 1.54) is 6.26 Å². The van der Waals surface area contributed by atoms with Crippen LogP contribution < -0.4 is 10.6 Å². The molecule has 0 aliphatic carbocycles. The molecule has 1 amide bonds. The van der Waals surface area contributed by atoms with Crippen molar-refractivity contribution < 1.29 is 13.2 Å². The van der Waals surface area contributed by atoms with Gasteiger partial charge in [-0.05, 0) is 38.8 Å². The molecule has 0 radical (unpaired) electrons. The summed E-state index contributed by atoms with van der Waals surface area (Å²) in [5.41, 5.74) is 0. The van der Waals surface area contributed by atoms with Gasteiger partial charge in [0.15, 0.2) is 0 Å². The van der Waals surface area contributed by atoms with Gasteiger partial charge in [0.2, 0.25) is 5.91 Å². The average molecular weight is 262 g/mol. The Morgan fingerprint density at radius 1 is 1.41 bits per heavy atom. The van der Waals surface area contributed by atoms with Gasteiger partial charge in [0.1, 0.15) is 9.84 Å². The standard InChI is InChI=1S/C11H22N2O3S/c1-9(8-17(2,15)16)13-11(14)7-10-3-5-12-6-4-10/h9-10,12H,3-8H2,1-2H3,(H,13,14). The third-order valence-corrected chi connectivity index (χ3v) is 4.00. The maximum atomic E-state index is 11.7. The minimum atomic E-state index is -3.03. The first-order chi connectivity index (χ1) is 7.87. The molecule has 17 heavy (non-hydrogen) atoms. The lowest BCUT2D eigenvalue weighted by atomic mass is 9.94. The Morgan fingerprint density at radius 3 is 2.53 bits per heavy atom. The number of piperidine rings is 1. The van der Waals surface area contributed by atoms with Crippen molar-refractivity contribution in [2.45, 2.75) is 32.2 Å². The topological polar surface area (TPSA) is 75.3 Å². The van der Waals surface area contributed by atoms with Crippen molar-refractivity contribution in [1.29, 1.82) is 0 Å². The Kier molecular flexibility index (Phi) is 5.39. The molecule has 0 aromatic heterocycles. The second-order valence-corrected chi connectivity index (χ2v) is 7.14. The number of nitrogens with one attached hydrogen (secondary N) is 2. The van der Waals surface area contributed by atoms with Crippen LogP contribution in [-0.4, -0.2) is 45.5 Å². The normalized spacial score (nSPS) is 19.9. The Hall–Kier alpha value is -0.620. The fourth-order valence-corrected chi connectivity index (χ4v) is 3.17. The Labute approximate surface area is 103 Å². The molecule has 1 heterocycles. The fraction of sp³-hybridized carbons (Fsp3) is 0.909. The van der Waals surface area contributed by atoms with Gasteiger partial charge in [0.05, 0.1) is 5.75 Å². The van der Waals surface area contributed by atoms with Gasteiger partial charge >= 0.3 is 0 Å². The summed E-state index contributed by atoms with van der Waals surface area (Å²) in [6.07, 6.45) is 3.74. The van der Waals surface area contributed by atoms with Gasteiger partial charge in [-0.3, -0.25) is 4.79 Å². The highest BCUT2D eigenvalue weighted by Crippen LogP contribution is 2.15. The van der Waals surface area contributed by atoms with Gasteiger partial charge in [-0.15, -0.1) is 0 Å². The van der Waals surface area contributed by atoms with Crippen molar-refractivity contribution in [2.24, 2.45) is 5.92 Å². The molecule has 100 valence electrons. The monoisotopic (exact) mass is 262 g/mol. The molecule has 1 aliphatic heterocycles. The van der Waals surface area contributed by atoms with Gasteiger partial charge < -0.3 is 10.6 Å². The molecule has 1 saturated heterocycles. The Morgan fingerprint density at radius 2 is 2.00 bits per heavy atom. The zero-order valence-electron chi connectivity index (χ0n) is 10.5. The molecule has 1 rings (SSSR count). The molecular formula is C11H22N2O3S. The largest absolute Gasteiger partial charge is 0.353 e. The summed E-state index contributed by atoms with van der Waals surface area (Å²) >= 11 is 0. The second kappa shape index (κ2) is 6.35. The van der Waals surface area contributed by atoms with Crippen molar-refractivity contribution in [3.05, 3.63) is 0 Å². The summed E-state index contributed by atoms with van der Waals surface area (Å²) in [5.74, 6) is 0.403. The van der Waals surface area contributed by atoms with E-state index >= 15 is 0 Å². The summed E-state index contributed by atoms with van der Waals surface area (Å²) in [7, 11) is -3.03. The van der Waals surface area contributed by atoms with Crippen LogP contribution >= 0.6 is 0 Å². The molecule has 1 aliphatic rings. The highest BCUT2D eigenvalue weighted by Gasteiger charge is 2.18. The van der Waals surface area contributed by atoms with E-state index in [9.17, 15) is 13.2 Å². The maximum Gasteiger partial charge on any atom is 0.220 e. The highest BCUT2D eigenvalue weighted by molar-refractivity contribution is 7.90. The first-order valence-corrected chi connectivity index (χ1v) is 8.10. The Balaban J connectivity index is 2.28. The van der Waals surface area contributed by atoms with Crippen LogP contribution in [-0.2, 0) is 14.6 Å². The SMILES string of the molecule is CC(CS(C)(=O)=O)NC(=O)CC1CCNCC1. The van der Waals surface area contributed by atoms with Gasteiger partial charge in [-0.2, -0.15) is 0 Å². The van der Waals surface area contributed by atoms with Crippen molar-refractivity contribution in [3.8, 4) is 0 Å². The zero-order valence-corrected chi connectivity index (χ0v) is 11.3. The summed E-state index contributed by atoms with van der Waals surface area (Å²) in [4.78, 5) is 11.7. The van der Waals surface area contributed by atoms with Crippen LogP contribution in [0.1, 0.15) is 26.2 Å². The predicted molar refractivity (Wildman–Crippen MR) is 67.5 cm³/mol. The van der Waals surface area contributed by atoms with Crippen molar-refractivity contribution in [1.82, 2.24) is 10.6 Å². The van der Waals surface area contributed by atoms with E-state index in [4.69, 9.17) is 0 Å². The molecule has 5 nitrogen and oxygen atoms in total. The number of hydrogen-bond acceptors (Lipinski definition) is 4. The molecule has 0 aromatic carbocycles. The van der Waals surface area contributed by atoms with E-state index in [0.717, 1.165) is 25.9 Å². The molecule has 0 saturated carbocycles. The van der Waals surface area contributed by atoms with Crippen molar-refractivity contribution in [3.63, 3.8) is 0 Å². The zero-order chi connectivity index (χ0) is 12.9. The van der Waals surface area contributed by atoms with Gasteiger partial charge in [0.25, 0.3) is 0 Å². The van der Waals surface area contributed by atoms with E-state index in [1.54, 1.807) is 6.92 Å². The number of carbonyl (C=O) groups is 1. The number of amides is 1. The molecule has 0 spiro atoms. The van der Waals surface area contributed by atoms with E-state index in [2.05, 4.69) is 10.6 Å². The number of carbonyl (C=O) groups excluding carboxylic acids is 1. The smallest absolute Gasteiger partial charge is 0.220 e. The van der Waals surface area contributed by atoms with Crippen LogP contribution in [0.25, 0.3) is 0 Å². The van der Waals surface area contributed by atoms with Crippen LogP contribution in [0.3, 0.4) is 0 Å². The summed E-state index contributed by atoms with van der Waals surface area (Å²) < 4.78 is 22.1. The maximum absolute atomic E-state index is 11.7. The molecule has 6 heteroatoms.